The summed E-state index contributed by atoms with van der Waals surface area (Å²) in [6.45, 7) is 0.222. The Morgan fingerprint density at radius 3 is 2.41 bits per heavy atom. The summed E-state index contributed by atoms with van der Waals surface area (Å²) < 4.78 is 38.2. The summed E-state index contributed by atoms with van der Waals surface area (Å²) in [7, 11) is -0.777. The van der Waals surface area contributed by atoms with Crippen molar-refractivity contribution in [2.24, 2.45) is 11.7 Å². The highest BCUT2D eigenvalue weighted by atomic mass is 79.9. The molecule has 1 fully saturated rings. The van der Waals surface area contributed by atoms with Crippen LogP contribution in [0.15, 0.2) is 21.5 Å². The molecule has 1 atom stereocenters. The van der Waals surface area contributed by atoms with Gasteiger partial charge in [-0.2, -0.15) is 0 Å². The van der Waals surface area contributed by atoms with Crippen molar-refractivity contribution in [3.05, 3.63) is 16.6 Å². The van der Waals surface area contributed by atoms with Crippen LogP contribution in [0.5, 0.6) is 11.5 Å². The lowest BCUT2D eigenvalue weighted by molar-refractivity contribution is 0.384. The van der Waals surface area contributed by atoms with Crippen molar-refractivity contribution in [2.45, 2.75) is 23.8 Å². The number of methoxy groups -OCH3 is 2. The van der Waals surface area contributed by atoms with Crippen LogP contribution in [0.3, 0.4) is 0 Å². The van der Waals surface area contributed by atoms with Crippen molar-refractivity contribution in [1.29, 1.82) is 0 Å². The van der Waals surface area contributed by atoms with Crippen LogP contribution in [0.2, 0.25) is 0 Å². The molecule has 1 aromatic carbocycles. The summed E-state index contributed by atoms with van der Waals surface area (Å²) in [5.41, 5.74) is 5.92. The maximum atomic E-state index is 12.4. The number of sulfonamides is 1. The zero-order valence-corrected chi connectivity index (χ0v) is 15.6. The fraction of sp³-hybridized carbons (Fsp3) is 0.538. The van der Waals surface area contributed by atoms with E-state index >= 15 is 0 Å². The van der Waals surface area contributed by atoms with E-state index in [4.69, 9.17) is 15.2 Å². The van der Waals surface area contributed by atoms with E-state index < -0.39 is 10.0 Å². The summed E-state index contributed by atoms with van der Waals surface area (Å²) in [6.07, 6.45) is 2.14. The molecule has 0 bridgehead atoms. The maximum Gasteiger partial charge on any atom is 0.244 e. The van der Waals surface area contributed by atoms with Crippen LogP contribution >= 0.6 is 28.3 Å². The Bertz CT molecular complexity index is 623. The Labute approximate surface area is 145 Å². The van der Waals surface area contributed by atoms with Gasteiger partial charge in [0.05, 0.1) is 18.7 Å². The minimum absolute atomic E-state index is 0. The molecule has 9 heteroatoms. The molecular formula is C13H20BrClN2O4S. The van der Waals surface area contributed by atoms with Crippen molar-refractivity contribution >= 4 is 38.4 Å². The highest BCUT2D eigenvalue weighted by Gasteiger charge is 2.30. The predicted octanol–water partition coefficient (Wildman–Crippen LogP) is 1.90. The monoisotopic (exact) mass is 414 g/mol. The number of halogens is 2. The molecule has 0 spiro atoms. The van der Waals surface area contributed by atoms with Crippen LogP contribution in [0.25, 0.3) is 0 Å². The van der Waals surface area contributed by atoms with Crippen molar-refractivity contribution in [1.82, 2.24) is 4.72 Å². The largest absolute Gasteiger partial charge is 0.495 e. The van der Waals surface area contributed by atoms with Gasteiger partial charge in [0, 0.05) is 18.7 Å². The lowest BCUT2D eigenvalue weighted by Gasteiger charge is -2.15. The van der Waals surface area contributed by atoms with Gasteiger partial charge in [0.1, 0.15) is 16.4 Å². The van der Waals surface area contributed by atoms with Gasteiger partial charge in [-0.3, -0.25) is 0 Å². The van der Waals surface area contributed by atoms with E-state index in [2.05, 4.69) is 20.7 Å². The fourth-order valence-electron chi connectivity index (χ4n) is 2.02. The topological polar surface area (TPSA) is 90.6 Å². The van der Waals surface area contributed by atoms with Gasteiger partial charge in [-0.05, 0) is 40.8 Å². The third kappa shape index (κ3) is 4.48. The molecule has 2 rings (SSSR count). The van der Waals surface area contributed by atoms with Crippen LogP contribution in [0.4, 0.5) is 0 Å². The second-order valence-electron chi connectivity index (χ2n) is 4.99. The van der Waals surface area contributed by atoms with Gasteiger partial charge in [-0.1, -0.05) is 0 Å². The van der Waals surface area contributed by atoms with Gasteiger partial charge in [0.2, 0.25) is 10.0 Å². The molecule has 0 saturated heterocycles. The van der Waals surface area contributed by atoms with Gasteiger partial charge in [-0.25, -0.2) is 13.1 Å². The Morgan fingerprint density at radius 1 is 1.32 bits per heavy atom. The standard InChI is InChI=1S/C13H19BrN2O4S.ClH/c1-19-11-6-12(20-2)13(5-9(11)14)21(17,18)16-7-10(15)8-3-4-8;/h5-6,8,10,16H,3-4,7,15H2,1-2H3;1H. The summed E-state index contributed by atoms with van der Waals surface area (Å²) in [4.78, 5) is 0.0562. The number of hydrogen-bond acceptors (Lipinski definition) is 5. The smallest absolute Gasteiger partial charge is 0.244 e. The van der Waals surface area contributed by atoms with Gasteiger partial charge in [-0.15, -0.1) is 12.4 Å². The summed E-state index contributed by atoms with van der Waals surface area (Å²) in [5.74, 6) is 1.15. The number of rotatable bonds is 7. The third-order valence-corrected chi connectivity index (χ3v) is 5.53. The van der Waals surface area contributed by atoms with E-state index in [1.165, 1.54) is 26.4 Å². The van der Waals surface area contributed by atoms with Gasteiger partial charge in [0.15, 0.2) is 0 Å². The third-order valence-electron chi connectivity index (χ3n) is 3.46. The molecule has 126 valence electrons. The minimum atomic E-state index is -3.69. The number of benzene rings is 1. The molecule has 0 amide bonds. The molecular weight excluding hydrogens is 396 g/mol. The van der Waals surface area contributed by atoms with E-state index in [1.807, 2.05) is 0 Å². The SMILES string of the molecule is COc1cc(OC)c(S(=O)(=O)NCC(N)C2CC2)cc1Br.Cl. The van der Waals surface area contributed by atoms with E-state index in [1.54, 1.807) is 0 Å². The molecule has 0 radical (unpaired) electrons. The second kappa shape index (κ2) is 7.83. The molecule has 0 aliphatic heterocycles. The zero-order chi connectivity index (χ0) is 15.6. The van der Waals surface area contributed by atoms with E-state index in [9.17, 15) is 8.42 Å². The Hall–Kier alpha value is -0.540. The molecule has 6 nitrogen and oxygen atoms in total. The summed E-state index contributed by atoms with van der Waals surface area (Å²) in [5, 5.41) is 0. The molecule has 1 aliphatic rings. The van der Waals surface area contributed by atoms with E-state index in [0.29, 0.717) is 16.1 Å². The van der Waals surface area contributed by atoms with Crippen molar-refractivity contribution < 1.29 is 17.9 Å². The highest BCUT2D eigenvalue weighted by Crippen LogP contribution is 2.35. The maximum absolute atomic E-state index is 12.4. The highest BCUT2D eigenvalue weighted by molar-refractivity contribution is 9.10. The molecule has 0 heterocycles. The first-order valence-electron chi connectivity index (χ1n) is 6.55. The van der Waals surface area contributed by atoms with Gasteiger partial charge < -0.3 is 15.2 Å². The van der Waals surface area contributed by atoms with Gasteiger partial charge in [0.25, 0.3) is 0 Å². The predicted molar refractivity (Wildman–Crippen MR) is 90.4 cm³/mol. The molecule has 22 heavy (non-hydrogen) atoms. The lowest BCUT2D eigenvalue weighted by Crippen LogP contribution is -2.38. The van der Waals surface area contributed by atoms with E-state index in [0.717, 1.165) is 12.8 Å². The quantitative estimate of drug-likeness (QED) is 0.710. The Kier molecular flexibility index (Phi) is 6.94. The average molecular weight is 416 g/mol. The van der Waals surface area contributed by atoms with Crippen LogP contribution < -0.4 is 19.9 Å². The normalized spacial score (nSPS) is 15.8. The van der Waals surface area contributed by atoms with Crippen LogP contribution in [0, 0.1) is 5.92 Å². The number of ether oxygens (including phenoxy) is 2. The molecule has 3 N–H and O–H groups in total. The molecule has 1 aliphatic carbocycles. The summed E-state index contributed by atoms with van der Waals surface area (Å²) >= 11 is 3.28. The van der Waals surface area contributed by atoms with Gasteiger partial charge >= 0.3 is 0 Å². The van der Waals surface area contributed by atoms with Crippen molar-refractivity contribution in [3.8, 4) is 11.5 Å². The van der Waals surface area contributed by atoms with Crippen LogP contribution in [0.1, 0.15) is 12.8 Å². The number of hydrogen-bond donors (Lipinski definition) is 2. The minimum Gasteiger partial charge on any atom is -0.495 e. The number of nitrogens with two attached hydrogens (primary N) is 1. The molecule has 0 aromatic heterocycles. The lowest BCUT2D eigenvalue weighted by atomic mass is 10.2. The zero-order valence-electron chi connectivity index (χ0n) is 12.3. The Balaban J connectivity index is 0.00000242. The molecule has 1 aromatic rings. The molecule has 1 saturated carbocycles. The van der Waals surface area contributed by atoms with Crippen molar-refractivity contribution in [2.75, 3.05) is 20.8 Å². The second-order valence-corrected chi connectivity index (χ2v) is 7.58. The first-order chi connectivity index (χ1) is 9.89. The molecule has 1 unspecified atom stereocenters. The summed E-state index contributed by atoms with van der Waals surface area (Å²) in [6, 6.07) is 2.84. The first-order valence-corrected chi connectivity index (χ1v) is 8.83. The van der Waals surface area contributed by atoms with Crippen LogP contribution in [-0.4, -0.2) is 35.2 Å². The number of nitrogens with one attached hydrogen (secondary N) is 1. The fourth-order valence-corrected chi connectivity index (χ4v) is 3.92. The average Bonchev–Trinajstić information content (AvgIpc) is 3.29. The van der Waals surface area contributed by atoms with E-state index in [-0.39, 0.29) is 35.6 Å². The Morgan fingerprint density at radius 2 is 1.91 bits per heavy atom. The first kappa shape index (κ1) is 19.5. The van der Waals surface area contributed by atoms with Crippen molar-refractivity contribution in [3.63, 3.8) is 0 Å². The van der Waals surface area contributed by atoms with Crippen LogP contribution in [-0.2, 0) is 10.0 Å².